The van der Waals surface area contributed by atoms with Gasteiger partial charge in [-0.2, -0.15) is 0 Å². The van der Waals surface area contributed by atoms with Gasteiger partial charge in [0.2, 0.25) is 5.91 Å². The molecule has 0 spiro atoms. The summed E-state index contributed by atoms with van der Waals surface area (Å²) in [5.74, 6) is -0.182. The lowest BCUT2D eigenvalue weighted by Crippen LogP contribution is -2.12. The van der Waals surface area contributed by atoms with E-state index in [0.29, 0.717) is 15.8 Å². The van der Waals surface area contributed by atoms with Crippen LogP contribution < -0.4 is 11.1 Å². The number of amides is 1. The molecular formula is C13H12FN3OS. The number of anilines is 2. The summed E-state index contributed by atoms with van der Waals surface area (Å²) in [6.45, 7) is 0. The molecule has 0 atom stereocenters. The second-order valence-electron chi connectivity index (χ2n) is 4.50. The molecule has 3 N–H and O–H groups in total. The van der Waals surface area contributed by atoms with E-state index in [0.717, 1.165) is 18.4 Å². The number of nitrogens with one attached hydrogen (secondary N) is 1. The SMILES string of the molecule is Nc1sc(NC(=O)C2CC2)nc1-c1ccc(F)cc1. The average molecular weight is 277 g/mol. The number of aromatic nitrogens is 1. The summed E-state index contributed by atoms with van der Waals surface area (Å²) < 4.78 is 12.9. The molecule has 4 nitrogen and oxygen atoms in total. The smallest absolute Gasteiger partial charge is 0.229 e. The first-order chi connectivity index (χ1) is 9.13. The number of nitrogens with zero attached hydrogens (tertiary/aromatic N) is 1. The molecule has 1 saturated carbocycles. The van der Waals surface area contributed by atoms with Crippen molar-refractivity contribution in [2.75, 3.05) is 11.1 Å². The van der Waals surface area contributed by atoms with Crippen molar-refractivity contribution in [1.29, 1.82) is 0 Å². The third kappa shape index (κ3) is 2.58. The van der Waals surface area contributed by atoms with Crippen molar-refractivity contribution < 1.29 is 9.18 Å². The summed E-state index contributed by atoms with van der Waals surface area (Å²) in [6.07, 6.45) is 1.88. The second kappa shape index (κ2) is 4.62. The third-order valence-electron chi connectivity index (χ3n) is 2.95. The number of carbonyl (C=O) groups excluding carboxylic acids is 1. The molecule has 2 aromatic rings. The van der Waals surface area contributed by atoms with Crippen LogP contribution in [-0.2, 0) is 4.79 Å². The summed E-state index contributed by atoms with van der Waals surface area (Å²) in [4.78, 5) is 15.9. The van der Waals surface area contributed by atoms with E-state index in [4.69, 9.17) is 5.73 Å². The van der Waals surface area contributed by atoms with Crippen LogP contribution in [-0.4, -0.2) is 10.9 Å². The normalized spacial score (nSPS) is 14.4. The molecule has 0 radical (unpaired) electrons. The minimum Gasteiger partial charge on any atom is -0.389 e. The van der Waals surface area contributed by atoms with E-state index < -0.39 is 0 Å². The van der Waals surface area contributed by atoms with Gasteiger partial charge in [-0.3, -0.25) is 4.79 Å². The minimum absolute atomic E-state index is 0.000550. The van der Waals surface area contributed by atoms with Gasteiger partial charge in [0.15, 0.2) is 5.13 Å². The summed E-state index contributed by atoms with van der Waals surface area (Å²) in [5, 5.41) is 3.77. The fourth-order valence-corrected chi connectivity index (χ4v) is 2.51. The van der Waals surface area contributed by atoms with Gasteiger partial charge in [0, 0.05) is 11.5 Å². The van der Waals surface area contributed by atoms with Crippen molar-refractivity contribution in [3.63, 3.8) is 0 Å². The Kier molecular flexibility index (Phi) is 2.94. The van der Waals surface area contributed by atoms with E-state index in [2.05, 4.69) is 10.3 Å². The molecule has 6 heteroatoms. The molecule has 1 aromatic carbocycles. The molecule has 1 fully saturated rings. The van der Waals surface area contributed by atoms with E-state index in [9.17, 15) is 9.18 Å². The first-order valence-electron chi connectivity index (χ1n) is 5.96. The summed E-state index contributed by atoms with van der Waals surface area (Å²) in [7, 11) is 0. The molecule has 19 heavy (non-hydrogen) atoms. The number of hydrogen-bond acceptors (Lipinski definition) is 4. The fraction of sp³-hybridized carbons (Fsp3) is 0.231. The predicted octanol–water partition coefficient (Wildman–Crippen LogP) is 2.88. The van der Waals surface area contributed by atoms with Crippen LogP contribution in [0.5, 0.6) is 0 Å². The molecule has 1 aliphatic carbocycles. The quantitative estimate of drug-likeness (QED) is 0.906. The zero-order chi connectivity index (χ0) is 13.4. The first-order valence-corrected chi connectivity index (χ1v) is 6.78. The van der Waals surface area contributed by atoms with E-state index in [1.165, 1.54) is 23.5 Å². The van der Waals surface area contributed by atoms with Gasteiger partial charge in [-0.15, -0.1) is 0 Å². The van der Waals surface area contributed by atoms with Crippen LogP contribution in [0.2, 0.25) is 0 Å². The van der Waals surface area contributed by atoms with Crippen LogP contribution in [0.4, 0.5) is 14.5 Å². The molecule has 1 aliphatic rings. The van der Waals surface area contributed by atoms with Gasteiger partial charge in [-0.25, -0.2) is 9.37 Å². The first kappa shape index (κ1) is 12.1. The number of benzene rings is 1. The topological polar surface area (TPSA) is 68.0 Å². The molecule has 1 heterocycles. The molecule has 0 bridgehead atoms. The van der Waals surface area contributed by atoms with Crippen LogP contribution in [0.15, 0.2) is 24.3 Å². The van der Waals surface area contributed by atoms with Crippen molar-refractivity contribution >= 4 is 27.4 Å². The van der Waals surface area contributed by atoms with Gasteiger partial charge >= 0.3 is 0 Å². The van der Waals surface area contributed by atoms with Crippen LogP contribution in [0, 0.1) is 11.7 Å². The number of thiazole rings is 1. The van der Waals surface area contributed by atoms with Crippen LogP contribution in [0.1, 0.15) is 12.8 Å². The Balaban J connectivity index is 1.84. The van der Waals surface area contributed by atoms with Crippen molar-refractivity contribution in [3.8, 4) is 11.3 Å². The maximum Gasteiger partial charge on any atom is 0.229 e. The van der Waals surface area contributed by atoms with Crippen molar-refractivity contribution in [2.24, 2.45) is 5.92 Å². The zero-order valence-electron chi connectivity index (χ0n) is 10.0. The van der Waals surface area contributed by atoms with Crippen molar-refractivity contribution in [1.82, 2.24) is 4.98 Å². The van der Waals surface area contributed by atoms with E-state index >= 15 is 0 Å². The molecule has 3 rings (SSSR count). The third-order valence-corrected chi connectivity index (χ3v) is 3.75. The summed E-state index contributed by atoms with van der Waals surface area (Å²) in [6, 6.07) is 5.95. The highest BCUT2D eigenvalue weighted by Crippen LogP contribution is 2.35. The number of nitrogens with two attached hydrogens (primary N) is 1. The van der Waals surface area contributed by atoms with Crippen LogP contribution >= 0.6 is 11.3 Å². The van der Waals surface area contributed by atoms with Crippen molar-refractivity contribution in [3.05, 3.63) is 30.1 Å². The highest BCUT2D eigenvalue weighted by atomic mass is 32.1. The number of halogens is 1. The Morgan fingerprint density at radius 2 is 2.05 bits per heavy atom. The van der Waals surface area contributed by atoms with Gasteiger partial charge < -0.3 is 11.1 Å². The van der Waals surface area contributed by atoms with Gasteiger partial charge in [0.25, 0.3) is 0 Å². The lowest BCUT2D eigenvalue weighted by molar-refractivity contribution is -0.117. The lowest BCUT2D eigenvalue weighted by Gasteiger charge is -1.98. The van der Waals surface area contributed by atoms with E-state index in [-0.39, 0.29) is 17.6 Å². The predicted molar refractivity (Wildman–Crippen MR) is 73.3 cm³/mol. The second-order valence-corrected chi connectivity index (χ2v) is 5.53. The summed E-state index contributed by atoms with van der Waals surface area (Å²) >= 11 is 1.23. The summed E-state index contributed by atoms with van der Waals surface area (Å²) in [5.41, 5.74) is 7.21. The standard InChI is InChI=1S/C13H12FN3OS/c14-9-5-3-7(4-6-9)10-11(15)19-13(16-10)17-12(18)8-1-2-8/h3-6,8H,1-2,15H2,(H,16,17,18). The van der Waals surface area contributed by atoms with Crippen molar-refractivity contribution in [2.45, 2.75) is 12.8 Å². The largest absolute Gasteiger partial charge is 0.389 e. The molecule has 1 aromatic heterocycles. The Labute approximate surface area is 113 Å². The number of hydrogen-bond donors (Lipinski definition) is 2. The number of rotatable bonds is 3. The number of nitrogen functional groups attached to an aromatic ring is 1. The molecule has 0 aliphatic heterocycles. The molecule has 1 amide bonds. The molecule has 0 saturated heterocycles. The molecule has 98 valence electrons. The molecule has 0 unspecified atom stereocenters. The average Bonchev–Trinajstić information content (AvgIpc) is 3.16. The van der Waals surface area contributed by atoms with Gasteiger partial charge in [0.1, 0.15) is 16.5 Å². The molecular weight excluding hydrogens is 265 g/mol. The van der Waals surface area contributed by atoms with E-state index in [1.54, 1.807) is 12.1 Å². The lowest BCUT2D eigenvalue weighted by atomic mass is 10.1. The van der Waals surface area contributed by atoms with Gasteiger partial charge in [0.05, 0.1) is 0 Å². The monoisotopic (exact) mass is 277 g/mol. The minimum atomic E-state index is -0.306. The van der Waals surface area contributed by atoms with Crippen LogP contribution in [0.25, 0.3) is 11.3 Å². The van der Waals surface area contributed by atoms with Gasteiger partial charge in [-0.05, 0) is 37.1 Å². The highest BCUT2D eigenvalue weighted by Gasteiger charge is 2.30. The zero-order valence-corrected chi connectivity index (χ0v) is 10.8. The number of carbonyl (C=O) groups is 1. The maximum atomic E-state index is 12.9. The van der Waals surface area contributed by atoms with Crippen LogP contribution in [0.3, 0.4) is 0 Å². The Bertz CT molecular complexity index is 619. The fourth-order valence-electron chi connectivity index (χ4n) is 1.75. The van der Waals surface area contributed by atoms with Gasteiger partial charge in [-0.1, -0.05) is 11.3 Å². The Morgan fingerprint density at radius 1 is 1.37 bits per heavy atom. The Hall–Kier alpha value is -1.95. The maximum absolute atomic E-state index is 12.9. The van der Waals surface area contributed by atoms with E-state index in [1.807, 2.05) is 0 Å². The Morgan fingerprint density at radius 3 is 2.68 bits per heavy atom. The highest BCUT2D eigenvalue weighted by molar-refractivity contribution is 7.20.